The first-order valence-electron chi connectivity index (χ1n) is 6.23. The number of rotatable bonds is 6. The van der Waals surface area contributed by atoms with Gasteiger partial charge >= 0.3 is 0 Å². The predicted molar refractivity (Wildman–Crippen MR) is 72.5 cm³/mol. The summed E-state index contributed by atoms with van der Waals surface area (Å²) in [7, 11) is 0. The summed E-state index contributed by atoms with van der Waals surface area (Å²) in [5, 5.41) is 11.0. The molecule has 0 fully saturated rings. The Morgan fingerprint density at radius 2 is 1.94 bits per heavy atom. The van der Waals surface area contributed by atoms with Crippen LogP contribution in [0.2, 0.25) is 0 Å². The monoisotopic (exact) mass is 249 g/mol. The number of anilines is 2. The number of likely N-dealkylation sites (N-methyl/N-ethyl adjacent to an activating group) is 1. The van der Waals surface area contributed by atoms with Gasteiger partial charge in [0.1, 0.15) is 0 Å². The third kappa shape index (κ3) is 2.53. The Morgan fingerprint density at radius 1 is 1.22 bits per heavy atom. The number of hydrogen-bond acceptors (Lipinski definition) is 6. The van der Waals surface area contributed by atoms with Crippen molar-refractivity contribution >= 4 is 22.4 Å². The van der Waals surface area contributed by atoms with Gasteiger partial charge in [-0.15, -0.1) is 0 Å². The van der Waals surface area contributed by atoms with Gasteiger partial charge in [0, 0.05) is 13.1 Å². The summed E-state index contributed by atoms with van der Waals surface area (Å²) in [4.78, 5) is 2.35. The van der Waals surface area contributed by atoms with Gasteiger partial charge in [0.05, 0.1) is 11.4 Å². The summed E-state index contributed by atoms with van der Waals surface area (Å²) in [6.45, 7) is 8.28. The lowest BCUT2D eigenvalue weighted by Gasteiger charge is -2.18. The number of benzene rings is 1. The molecule has 6 heteroatoms. The van der Waals surface area contributed by atoms with Crippen LogP contribution in [-0.2, 0) is 0 Å². The fourth-order valence-electron chi connectivity index (χ4n) is 1.92. The zero-order valence-corrected chi connectivity index (χ0v) is 10.8. The maximum Gasteiger partial charge on any atom is 0.160 e. The minimum Gasteiger partial charge on any atom is -0.397 e. The normalized spacial score (nSPS) is 11.3. The van der Waals surface area contributed by atoms with Gasteiger partial charge in [0.15, 0.2) is 11.0 Å². The number of nitrogens with two attached hydrogens (primary N) is 1. The Kier molecular flexibility index (Phi) is 3.99. The molecule has 0 saturated heterocycles. The molecule has 6 nitrogen and oxygen atoms in total. The van der Waals surface area contributed by atoms with Gasteiger partial charge in [0.2, 0.25) is 0 Å². The number of fused-ring (bicyclic) bond motifs is 1. The Hall–Kier alpha value is -1.82. The van der Waals surface area contributed by atoms with E-state index in [9.17, 15) is 0 Å². The van der Waals surface area contributed by atoms with E-state index in [0.717, 1.165) is 31.9 Å². The largest absolute Gasteiger partial charge is 0.397 e. The molecule has 0 saturated carbocycles. The first-order chi connectivity index (χ1) is 8.76. The second-order valence-electron chi connectivity index (χ2n) is 4.12. The maximum atomic E-state index is 5.79. The van der Waals surface area contributed by atoms with E-state index in [4.69, 9.17) is 10.4 Å². The highest BCUT2D eigenvalue weighted by Crippen LogP contribution is 2.24. The molecule has 0 aliphatic heterocycles. The summed E-state index contributed by atoms with van der Waals surface area (Å²) < 4.78 is 4.73. The Labute approximate surface area is 106 Å². The van der Waals surface area contributed by atoms with E-state index >= 15 is 0 Å². The van der Waals surface area contributed by atoms with Gasteiger partial charge < -0.3 is 16.0 Å². The lowest BCUT2D eigenvalue weighted by molar-refractivity contribution is 0.314. The second-order valence-corrected chi connectivity index (χ2v) is 4.12. The van der Waals surface area contributed by atoms with Gasteiger partial charge in [-0.1, -0.05) is 13.8 Å². The third-order valence-electron chi connectivity index (χ3n) is 3.08. The van der Waals surface area contributed by atoms with Crippen LogP contribution in [0, 0.1) is 0 Å². The van der Waals surface area contributed by atoms with Crippen LogP contribution in [0.25, 0.3) is 11.0 Å². The topological polar surface area (TPSA) is 80.2 Å². The molecular formula is C12H19N5O. The predicted octanol–water partition coefficient (Wildman–Crippen LogP) is 1.56. The van der Waals surface area contributed by atoms with Crippen molar-refractivity contribution in [3.63, 3.8) is 0 Å². The van der Waals surface area contributed by atoms with Gasteiger partial charge in [-0.05, 0) is 35.5 Å². The van der Waals surface area contributed by atoms with Crippen molar-refractivity contribution in [1.82, 2.24) is 15.2 Å². The Bertz CT molecular complexity index is 506. The quantitative estimate of drug-likeness (QED) is 0.756. The molecule has 2 rings (SSSR count). The lowest BCUT2D eigenvalue weighted by Crippen LogP contribution is -2.28. The summed E-state index contributed by atoms with van der Waals surface area (Å²) >= 11 is 0. The molecule has 1 aromatic carbocycles. The van der Waals surface area contributed by atoms with Crippen LogP contribution in [0.5, 0.6) is 0 Å². The van der Waals surface area contributed by atoms with E-state index in [0.29, 0.717) is 16.7 Å². The second kappa shape index (κ2) is 5.68. The third-order valence-corrected chi connectivity index (χ3v) is 3.08. The average Bonchev–Trinajstić information content (AvgIpc) is 2.87. The van der Waals surface area contributed by atoms with E-state index in [1.165, 1.54) is 0 Å². The molecule has 98 valence electrons. The minimum atomic E-state index is 0.584. The number of aromatic nitrogens is 2. The summed E-state index contributed by atoms with van der Waals surface area (Å²) in [6.07, 6.45) is 0. The molecule has 3 N–H and O–H groups in total. The van der Waals surface area contributed by atoms with Crippen LogP contribution < -0.4 is 11.1 Å². The van der Waals surface area contributed by atoms with Crippen LogP contribution >= 0.6 is 0 Å². The molecule has 0 bridgehead atoms. The van der Waals surface area contributed by atoms with Crippen molar-refractivity contribution in [2.75, 3.05) is 37.2 Å². The molecule has 1 heterocycles. The molecule has 0 atom stereocenters. The van der Waals surface area contributed by atoms with Crippen molar-refractivity contribution < 1.29 is 4.63 Å². The number of nitrogens with zero attached hydrogens (tertiary/aromatic N) is 3. The summed E-state index contributed by atoms with van der Waals surface area (Å²) in [6, 6.07) is 3.72. The average molecular weight is 249 g/mol. The van der Waals surface area contributed by atoms with Gasteiger partial charge in [0.25, 0.3) is 0 Å². The van der Waals surface area contributed by atoms with Crippen molar-refractivity contribution in [1.29, 1.82) is 0 Å². The first kappa shape index (κ1) is 12.6. The van der Waals surface area contributed by atoms with Crippen molar-refractivity contribution in [3.05, 3.63) is 12.1 Å². The Morgan fingerprint density at radius 3 is 2.67 bits per heavy atom. The van der Waals surface area contributed by atoms with Gasteiger partial charge in [-0.25, -0.2) is 4.63 Å². The molecule has 0 radical (unpaired) electrons. The lowest BCUT2D eigenvalue weighted by atomic mass is 10.2. The van der Waals surface area contributed by atoms with Crippen molar-refractivity contribution in [2.24, 2.45) is 0 Å². The van der Waals surface area contributed by atoms with E-state index in [2.05, 4.69) is 34.4 Å². The summed E-state index contributed by atoms with van der Waals surface area (Å²) in [5.41, 5.74) is 8.59. The smallest absolute Gasteiger partial charge is 0.160 e. The number of nitrogens with one attached hydrogen (secondary N) is 1. The number of nitrogen functional groups attached to an aromatic ring is 1. The van der Waals surface area contributed by atoms with Crippen LogP contribution in [0.3, 0.4) is 0 Å². The van der Waals surface area contributed by atoms with Gasteiger partial charge in [-0.2, -0.15) is 0 Å². The zero-order chi connectivity index (χ0) is 13.0. The molecule has 0 amide bonds. The Balaban J connectivity index is 2.04. The van der Waals surface area contributed by atoms with Crippen LogP contribution in [0.4, 0.5) is 11.4 Å². The molecular weight excluding hydrogens is 230 g/mol. The molecule has 0 unspecified atom stereocenters. The molecule has 18 heavy (non-hydrogen) atoms. The highest BCUT2D eigenvalue weighted by Gasteiger charge is 2.09. The standard InChI is InChI=1S/C12H19N5O/c1-3-17(4-2)8-7-14-10-6-5-9(13)11-12(10)16-18-15-11/h5-6,14H,3-4,7-8,13H2,1-2H3. The highest BCUT2D eigenvalue weighted by atomic mass is 16.6. The van der Waals surface area contributed by atoms with E-state index in [1.807, 2.05) is 12.1 Å². The fraction of sp³-hybridized carbons (Fsp3) is 0.500. The highest BCUT2D eigenvalue weighted by molar-refractivity contribution is 5.94. The van der Waals surface area contributed by atoms with E-state index in [1.54, 1.807) is 0 Å². The molecule has 0 aliphatic carbocycles. The molecule has 0 aliphatic rings. The molecule has 2 aromatic rings. The van der Waals surface area contributed by atoms with Crippen LogP contribution in [0.15, 0.2) is 16.8 Å². The van der Waals surface area contributed by atoms with E-state index < -0.39 is 0 Å². The number of hydrogen-bond donors (Lipinski definition) is 2. The molecule has 1 aromatic heterocycles. The SMILES string of the molecule is CCN(CC)CCNc1ccc(N)c2nonc12. The van der Waals surface area contributed by atoms with Crippen molar-refractivity contribution in [3.8, 4) is 0 Å². The van der Waals surface area contributed by atoms with Crippen LogP contribution in [0.1, 0.15) is 13.8 Å². The fourth-order valence-corrected chi connectivity index (χ4v) is 1.92. The maximum absolute atomic E-state index is 5.79. The molecule has 0 spiro atoms. The van der Waals surface area contributed by atoms with E-state index in [-0.39, 0.29) is 0 Å². The van der Waals surface area contributed by atoms with Crippen molar-refractivity contribution in [2.45, 2.75) is 13.8 Å². The zero-order valence-electron chi connectivity index (χ0n) is 10.8. The minimum absolute atomic E-state index is 0.584. The first-order valence-corrected chi connectivity index (χ1v) is 6.23. The van der Waals surface area contributed by atoms with Crippen LogP contribution in [-0.4, -0.2) is 41.4 Å². The van der Waals surface area contributed by atoms with Gasteiger partial charge in [-0.3, -0.25) is 0 Å². The summed E-state index contributed by atoms with van der Waals surface area (Å²) in [5.74, 6) is 0.